The molecule has 0 aliphatic carbocycles. The van der Waals surface area contributed by atoms with Crippen LogP contribution in [0.1, 0.15) is 239 Å². The number of aliphatic hydroxyl groups excluding tert-OH is 7. The maximum atomic E-state index is 13.1. The van der Waals surface area contributed by atoms with E-state index >= 15 is 0 Å². The summed E-state index contributed by atoms with van der Waals surface area (Å²) in [5, 5.41) is 72.3. The van der Waals surface area contributed by atoms with E-state index in [9.17, 15) is 40.5 Å². The number of rotatable bonds is 49. The van der Waals surface area contributed by atoms with Crippen LogP contribution in [0.2, 0.25) is 0 Å². The molecule has 14 heteroatoms. The summed E-state index contributed by atoms with van der Waals surface area (Å²) in [5.41, 5.74) is 0. The van der Waals surface area contributed by atoms with Crippen molar-refractivity contribution in [3.63, 3.8) is 0 Å². The summed E-state index contributed by atoms with van der Waals surface area (Å²) in [6, 6.07) is 0. The third kappa shape index (κ3) is 33.5. The molecule has 7 N–H and O–H groups in total. The van der Waals surface area contributed by atoms with Crippen molar-refractivity contribution in [2.75, 3.05) is 33.0 Å². The number of allylic oxidation sites excluding steroid dienone is 6. The van der Waals surface area contributed by atoms with Crippen LogP contribution >= 0.6 is 0 Å². The molecular weight excluding hydrogens is 945 g/mol. The summed E-state index contributed by atoms with van der Waals surface area (Å²) in [4.78, 5) is 13.1. The van der Waals surface area contributed by atoms with E-state index < -0.39 is 80.7 Å². The van der Waals surface area contributed by atoms with E-state index in [1.165, 1.54) is 154 Å². The van der Waals surface area contributed by atoms with Crippen molar-refractivity contribution in [3.8, 4) is 0 Å². The van der Waals surface area contributed by atoms with Gasteiger partial charge in [0.2, 0.25) is 0 Å². The van der Waals surface area contributed by atoms with Crippen molar-refractivity contribution < 1.29 is 69.0 Å². The lowest BCUT2D eigenvalue weighted by atomic mass is 9.98. The largest absolute Gasteiger partial charge is 0.457 e. The Kier molecular flexibility index (Phi) is 43.6. The first-order chi connectivity index (χ1) is 36.1. The van der Waals surface area contributed by atoms with Gasteiger partial charge in [0.1, 0.15) is 54.9 Å². The Morgan fingerprint density at radius 1 is 0.446 bits per heavy atom. The van der Waals surface area contributed by atoms with Crippen LogP contribution in [-0.2, 0) is 33.2 Å². The number of carbonyl (C=O) groups is 1. The quantitative estimate of drug-likeness (QED) is 0.0172. The highest BCUT2D eigenvalue weighted by molar-refractivity contribution is 5.69. The van der Waals surface area contributed by atoms with Gasteiger partial charge in [0.05, 0.1) is 26.4 Å². The molecule has 0 amide bonds. The molecule has 14 nitrogen and oxygen atoms in total. The average Bonchev–Trinajstić information content (AvgIpc) is 3.40. The molecule has 11 unspecified atom stereocenters. The second-order valence-electron chi connectivity index (χ2n) is 21.2. The molecule has 434 valence electrons. The Hall–Kier alpha value is -1.79. The fourth-order valence-corrected chi connectivity index (χ4v) is 9.53. The number of hydrogen-bond acceptors (Lipinski definition) is 14. The van der Waals surface area contributed by atoms with Crippen molar-refractivity contribution in [1.82, 2.24) is 0 Å². The zero-order valence-corrected chi connectivity index (χ0v) is 46.6. The van der Waals surface area contributed by atoms with E-state index in [0.29, 0.717) is 13.0 Å². The molecule has 0 radical (unpaired) electrons. The molecule has 2 heterocycles. The minimum absolute atomic E-state index is 0.0634. The fraction of sp³-hybridized carbons (Fsp3) is 0.883. The van der Waals surface area contributed by atoms with Crippen LogP contribution < -0.4 is 0 Å². The smallest absolute Gasteiger partial charge is 0.306 e. The standard InChI is InChI=1S/C60H110O14/c1-3-5-7-9-11-13-15-17-19-20-21-22-23-24-25-26-27-28-29-31-33-35-37-39-41-43-52(62)72-49(46-69-44-42-40-38-36-34-32-30-18-16-14-12-10-8-6-4-2)47-70-59-58(68)56(66)54(64)51(74-59)48-71-60-57(67)55(65)53(63)50(45-61)73-60/h15,17,20-21,23-24,49-51,53-61,63-68H,3-14,16,18-19,22,25-48H2,1-2H3/b17-15-,21-20-,24-23-. The lowest BCUT2D eigenvalue weighted by Gasteiger charge is -2.42. The van der Waals surface area contributed by atoms with Crippen LogP contribution in [0.5, 0.6) is 0 Å². The van der Waals surface area contributed by atoms with Gasteiger partial charge in [0.25, 0.3) is 0 Å². The van der Waals surface area contributed by atoms with Gasteiger partial charge in [-0.1, -0.05) is 217 Å². The number of unbranched alkanes of at least 4 members (excludes halogenated alkanes) is 29. The molecule has 2 rings (SSSR count). The van der Waals surface area contributed by atoms with Crippen molar-refractivity contribution in [2.24, 2.45) is 0 Å². The van der Waals surface area contributed by atoms with Crippen molar-refractivity contribution >= 4 is 5.97 Å². The van der Waals surface area contributed by atoms with Crippen LogP contribution in [0.4, 0.5) is 0 Å². The van der Waals surface area contributed by atoms with Gasteiger partial charge in [-0.3, -0.25) is 4.79 Å². The van der Waals surface area contributed by atoms with Crippen LogP contribution in [0, 0.1) is 0 Å². The molecule has 2 aliphatic heterocycles. The van der Waals surface area contributed by atoms with Crippen LogP contribution in [0.3, 0.4) is 0 Å². The molecule has 0 bridgehead atoms. The van der Waals surface area contributed by atoms with E-state index in [-0.39, 0.29) is 25.6 Å². The maximum absolute atomic E-state index is 13.1. The van der Waals surface area contributed by atoms with Gasteiger partial charge in [0, 0.05) is 13.0 Å². The summed E-state index contributed by atoms with van der Waals surface area (Å²) in [6.07, 6.45) is 39.2. The first-order valence-corrected chi connectivity index (χ1v) is 30.1. The minimum atomic E-state index is -1.71. The molecule has 2 saturated heterocycles. The van der Waals surface area contributed by atoms with Crippen LogP contribution in [-0.4, -0.2) is 142 Å². The predicted octanol–water partition coefficient (Wildman–Crippen LogP) is 10.9. The van der Waals surface area contributed by atoms with Crippen molar-refractivity contribution in [3.05, 3.63) is 36.5 Å². The Morgan fingerprint density at radius 3 is 1.31 bits per heavy atom. The van der Waals surface area contributed by atoms with Gasteiger partial charge >= 0.3 is 5.97 Å². The minimum Gasteiger partial charge on any atom is -0.457 e. The highest BCUT2D eigenvalue weighted by atomic mass is 16.7. The summed E-state index contributed by atoms with van der Waals surface area (Å²) < 4.78 is 34.4. The fourth-order valence-electron chi connectivity index (χ4n) is 9.53. The van der Waals surface area contributed by atoms with Crippen LogP contribution in [0.25, 0.3) is 0 Å². The lowest BCUT2D eigenvalue weighted by molar-refractivity contribution is -0.332. The molecule has 0 saturated carbocycles. The summed E-state index contributed by atoms with van der Waals surface area (Å²) in [7, 11) is 0. The topological polar surface area (TPSA) is 214 Å². The zero-order chi connectivity index (χ0) is 53.7. The molecule has 2 fully saturated rings. The number of ether oxygens (including phenoxy) is 6. The van der Waals surface area contributed by atoms with E-state index in [0.717, 1.165) is 57.8 Å². The zero-order valence-electron chi connectivity index (χ0n) is 46.6. The second kappa shape index (κ2) is 47.2. The normalized spacial score (nSPS) is 25.0. The Labute approximate surface area is 449 Å². The third-order valence-corrected chi connectivity index (χ3v) is 14.4. The Balaban J connectivity index is 1.68. The van der Waals surface area contributed by atoms with Crippen LogP contribution in [0.15, 0.2) is 36.5 Å². The molecule has 0 spiro atoms. The Bertz CT molecular complexity index is 1360. The number of hydrogen-bond donors (Lipinski definition) is 7. The second-order valence-corrected chi connectivity index (χ2v) is 21.2. The van der Waals surface area contributed by atoms with Gasteiger partial charge in [0.15, 0.2) is 12.6 Å². The van der Waals surface area contributed by atoms with Gasteiger partial charge < -0.3 is 64.2 Å². The molecule has 2 aliphatic rings. The number of esters is 1. The average molecular weight is 1060 g/mol. The highest BCUT2D eigenvalue weighted by Crippen LogP contribution is 2.27. The molecule has 0 aromatic rings. The van der Waals surface area contributed by atoms with Gasteiger partial charge in [-0.05, 0) is 51.4 Å². The van der Waals surface area contributed by atoms with Gasteiger partial charge in [-0.25, -0.2) is 0 Å². The van der Waals surface area contributed by atoms with Crippen molar-refractivity contribution in [2.45, 2.75) is 306 Å². The van der Waals surface area contributed by atoms with E-state index in [2.05, 4.69) is 50.3 Å². The molecular formula is C60H110O14. The van der Waals surface area contributed by atoms with E-state index in [4.69, 9.17) is 28.4 Å². The Morgan fingerprint density at radius 2 is 0.838 bits per heavy atom. The molecule has 0 aromatic carbocycles. The van der Waals surface area contributed by atoms with E-state index in [1.807, 2.05) is 0 Å². The predicted molar refractivity (Wildman–Crippen MR) is 293 cm³/mol. The third-order valence-electron chi connectivity index (χ3n) is 14.4. The number of carbonyl (C=O) groups excluding carboxylic acids is 1. The molecule has 11 atom stereocenters. The lowest BCUT2D eigenvalue weighted by Crippen LogP contribution is -2.61. The summed E-state index contributed by atoms with van der Waals surface area (Å²) in [6.45, 7) is 3.71. The first-order valence-electron chi connectivity index (χ1n) is 30.1. The summed E-state index contributed by atoms with van der Waals surface area (Å²) in [5.74, 6) is -0.377. The molecule has 74 heavy (non-hydrogen) atoms. The monoisotopic (exact) mass is 1050 g/mol. The van der Waals surface area contributed by atoms with E-state index in [1.54, 1.807) is 0 Å². The SMILES string of the molecule is CCCCCCC/C=C\C/C=C\C/C=C\CCCCCCCCCCCCC(=O)OC(COCCCCCCCCCCCCCCCCC)COC1OC(COC2OC(CO)C(O)C(O)C2O)C(O)C(O)C1O. The van der Waals surface area contributed by atoms with Crippen molar-refractivity contribution in [1.29, 1.82) is 0 Å². The van der Waals surface area contributed by atoms with Gasteiger partial charge in [-0.15, -0.1) is 0 Å². The summed E-state index contributed by atoms with van der Waals surface area (Å²) >= 11 is 0. The first kappa shape index (κ1) is 68.3. The molecule has 0 aromatic heterocycles. The van der Waals surface area contributed by atoms with Gasteiger partial charge in [-0.2, -0.15) is 0 Å². The maximum Gasteiger partial charge on any atom is 0.306 e. The number of aliphatic hydroxyl groups is 7. The highest BCUT2D eigenvalue weighted by Gasteiger charge is 2.47.